The van der Waals surface area contributed by atoms with E-state index in [2.05, 4.69) is 6.58 Å². The van der Waals surface area contributed by atoms with Gasteiger partial charge in [0.1, 0.15) is 11.5 Å². The summed E-state index contributed by atoms with van der Waals surface area (Å²) in [6.07, 6.45) is 3.74. The van der Waals surface area contributed by atoms with Crippen LogP contribution in [0.15, 0.2) is 54.6 Å². The van der Waals surface area contributed by atoms with Gasteiger partial charge >= 0.3 is 5.97 Å². The van der Waals surface area contributed by atoms with Crippen LogP contribution in [0, 0.1) is 11.8 Å². The van der Waals surface area contributed by atoms with Crippen LogP contribution in [0.4, 0.5) is 5.69 Å². The number of rotatable bonds is 4. The Kier molecular flexibility index (Phi) is 3.18. The molecule has 0 aromatic heterocycles. The maximum Gasteiger partial charge on any atom is 0.310 e. The quantitative estimate of drug-likeness (QED) is 0.863. The van der Waals surface area contributed by atoms with Crippen molar-refractivity contribution in [2.75, 3.05) is 4.90 Å². The minimum absolute atomic E-state index is 0.174. The van der Waals surface area contributed by atoms with Crippen LogP contribution in [0.25, 0.3) is 0 Å². The highest BCUT2D eigenvalue weighted by Crippen LogP contribution is 2.56. The van der Waals surface area contributed by atoms with Gasteiger partial charge in [-0.1, -0.05) is 35.9 Å². The Balaban J connectivity index is 1.85. The fourth-order valence-corrected chi connectivity index (χ4v) is 4.41. The van der Waals surface area contributed by atoms with Gasteiger partial charge in [-0.25, -0.2) is 0 Å². The number of benzene rings is 1. The Morgan fingerprint density at radius 1 is 1.38 bits per heavy atom. The number of carboxylic acids is 1. The first kappa shape index (κ1) is 15.1. The maximum absolute atomic E-state index is 13.2. The van der Waals surface area contributed by atoms with Gasteiger partial charge in [-0.3, -0.25) is 9.59 Å². The summed E-state index contributed by atoms with van der Waals surface area (Å²) < 4.78 is 6.10. The Bertz CT molecular complexity index is 756. The molecule has 5 heteroatoms. The van der Waals surface area contributed by atoms with Gasteiger partial charge in [0.25, 0.3) is 0 Å². The first-order valence-electron chi connectivity index (χ1n) is 8.08. The molecule has 0 radical (unpaired) electrons. The van der Waals surface area contributed by atoms with E-state index in [1.54, 1.807) is 11.0 Å². The lowest BCUT2D eigenvalue weighted by atomic mass is 9.74. The zero-order valence-electron chi connectivity index (χ0n) is 13.4. The minimum Gasteiger partial charge on any atom is -0.481 e. The number of carboxylic acid groups (broad SMARTS) is 1. The van der Waals surface area contributed by atoms with Gasteiger partial charge in [-0.15, -0.1) is 6.58 Å². The highest BCUT2D eigenvalue weighted by molar-refractivity contribution is 6.03. The number of anilines is 1. The van der Waals surface area contributed by atoms with E-state index < -0.39 is 29.5 Å². The Hall–Kier alpha value is -2.40. The summed E-state index contributed by atoms with van der Waals surface area (Å²) >= 11 is 0. The van der Waals surface area contributed by atoms with Gasteiger partial charge in [0.15, 0.2) is 0 Å². The van der Waals surface area contributed by atoms with Gasteiger partial charge in [0.05, 0.1) is 18.1 Å². The van der Waals surface area contributed by atoms with Crippen LogP contribution in [0.5, 0.6) is 0 Å². The van der Waals surface area contributed by atoms with Gasteiger partial charge < -0.3 is 14.7 Å². The number of amides is 1. The molecule has 2 saturated heterocycles. The summed E-state index contributed by atoms with van der Waals surface area (Å²) in [6, 6.07) is 9.09. The molecule has 4 rings (SSSR count). The van der Waals surface area contributed by atoms with E-state index >= 15 is 0 Å². The van der Waals surface area contributed by atoms with Crippen molar-refractivity contribution in [3.8, 4) is 0 Å². The molecular formula is C19H19NO4. The molecule has 0 aliphatic carbocycles. The lowest BCUT2D eigenvalue weighted by molar-refractivity contribution is -0.146. The van der Waals surface area contributed by atoms with Crippen molar-refractivity contribution in [3.63, 3.8) is 0 Å². The first-order valence-corrected chi connectivity index (χ1v) is 8.08. The molecule has 1 spiro atoms. The highest BCUT2D eigenvalue weighted by atomic mass is 16.5. The fraction of sp³-hybridized carbons (Fsp3) is 0.368. The van der Waals surface area contributed by atoms with Crippen molar-refractivity contribution in [2.24, 2.45) is 11.8 Å². The fourth-order valence-electron chi connectivity index (χ4n) is 4.41. The van der Waals surface area contributed by atoms with E-state index in [0.717, 1.165) is 11.3 Å². The molecule has 1 amide bonds. The average molecular weight is 325 g/mol. The lowest BCUT2D eigenvalue weighted by Gasteiger charge is -2.33. The molecule has 1 N–H and O–H groups in total. The van der Waals surface area contributed by atoms with Gasteiger partial charge in [-0.05, 0) is 25.5 Å². The second kappa shape index (κ2) is 5.05. The number of carbonyl (C=O) groups is 2. The van der Waals surface area contributed by atoms with Crippen LogP contribution in [-0.2, 0) is 14.3 Å². The second-order valence-electron chi connectivity index (χ2n) is 6.86. The summed E-state index contributed by atoms with van der Waals surface area (Å²) in [5.74, 6) is -2.67. The van der Waals surface area contributed by atoms with Gasteiger partial charge in [0.2, 0.25) is 5.91 Å². The van der Waals surface area contributed by atoms with E-state index in [0.29, 0.717) is 6.42 Å². The van der Waals surface area contributed by atoms with E-state index in [9.17, 15) is 14.7 Å². The van der Waals surface area contributed by atoms with E-state index in [-0.39, 0.29) is 11.9 Å². The molecule has 1 aromatic rings. The summed E-state index contributed by atoms with van der Waals surface area (Å²) in [5.41, 5.74) is 0.824. The maximum atomic E-state index is 13.2. The standard InChI is InChI=1S/C19H19NO4/c1-11(2)10-14-19-9-8-13(24-19)15(18(22)23)16(19)17(21)20(14)12-6-4-3-5-7-12/h3-9,13-16H,1,10H2,2H3,(H,22,23). The molecular weight excluding hydrogens is 306 g/mol. The molecule has 1 aromatic carbocycles. The monoisotopic (exact) mass is 325 g/mol. The average Bonchev–Trinajstić information content (AvgIpc) is 3.17. The molecule has 3 heterocycles. The summed E-state index contributed by atoms with van der Waals surface area (Å²) in [4.78, 5) is 26.7. The van der Waals surface area contributed by atoms with Crippen molar-refractivity contribution in [1.29, 1.82) is 0 Å². The predicted octanol–water partition coefficient (Wildman–Crippen LogP) is 2.39. The van der Waals surface area contributed by atoms with E-state index in [1.807, 2.05) is 43.3 Å². The van der Waals surface area contributed by atoms with Crippen molar-refractivity contribution < 1.29 is 19.4 Å². The molecule has 3 aliphatic heterocycles. The van der Waals surface area contributed by atoms with Crippen molar-refractivity contribution in [3.05, 3.63) is 54.6 Å². The number of ether oxygens (including phenoxy) is 1. The number of hydrogen-bond acceptors (Lipinski definition) is 3. The van der Waals surface area contributed by atoms with E-state index in [4.69, 9.17) is 4.74 Å². The number of aliphatic carboxylic acids is 1. The first-order chi connectivity index (χ1) is 11.5. The van der Waals surface area contributed by atoms with Crippen LogP contribution in [0.2, 0.25) is 0 Å². The topological polar surface area (TPSA) is 66.8 Å². The summed E-state index contributed by atoms with van der Waals surface area (Å²) in [5, 5.41) is 9.62. The van der Waals surface area contributed by atoms with Crippen molar-refractivity contribution in [1.82, 2.24) is 0 Å². The molecule has 2 bridgehead atoms. The zero-order chi connectivity index (χ0) is 17.1. The van der Waals surface area contributed by atoms with Crippen LogP contribution in [-0.4, -0.2) is 34.7 Å². The highest BCUT2D eigenvalue weighted by Gasteiger charge is 2.71. The minimum atomic E-state index is -0.978. The lowest BCUT2D eigenvalue weighted by Crippen LogP contribution is -2.45. The molecule has 5 atom stereocenters. The molecule has 5 nitrogen and oxygen atoms in total. The molecule has 5 unspecified atom stereocenters. The van der Waals surface area contributed by atoms with Gasteiger partial charge in [-0.2, -0.15) is 0 Å². The molecule has 2 fully saturated rings. The van der Waals surface area contributed by atoms with Crippen LogP contribution < -0.4 is 4.90 Å². The van der Waals surface area contributed by atoms with Crippen molar-refractivity contribution >= 4 is 17.6 Å². The Morgan fingerprint density at radius 2 is 2.08 bits per heavy atom. The number of hydrogen-bond donors (Lipinski definition) is 1. The van der Waals surface area contributed by atoms with Crippen LogP contribution in [0.1, 0.15) is 13.3 Å². The van der Waals surface area contributed by atoms with Gasteiger partial charge in [0, 0.05) is 5.69 Å². The van der Waals surface area contributed by atoms with Crippen LogP contribution in [0.3, 0.4) is 0 Å². The molecule has 3 aliphatic rings. The third kappa shape index (κ3) is 1.85. The van der Waals surface area contributed by atoms with E-state index in [1.165, 1.54) is 0 Å². The molecule has 0 saturated carbocycles. The molecule has 124 valence electrons. The third-order valence-electron chi connectivity index (χ3n) is 5.28. The number of para-hydroxylation sites is 1. The Morgan fingerprint density at radius 3 is 2.71 bits per heavy atom. The summed E-state index contributed by atoms with van der Waals surface area (Å²) in [6.45, 7) is 5.90. The predicted molar refractivity (Wildman–Crippen MR) is 88.5 cm³/mol. The second-order valence-corrected chi connectivity index (χ2v) is 6.86. The van der Waals surface area contributed by atoms with Crippen molar-refractivity contribution in [2.45, 2.75) is 31.1 Å². The zero-order valence-corrected chi connectivity index (χ0v) is 13.4. The number of carbonyl (C=O) groups excluding carboxylic acids is 1. The van der Waals surface area contributed by atoms with Crippen LogP contribution >= 0.6 is 0 Å². The Labute approximate surface area is 140 Å². The smallest absolute Gasteiger partial charge is 0.310 e. The normalized spacial score (nSPS) is 36.2. The molecule has 24 heavy (non-hydrogen) atoms. The SMILES string of the molecule is C=C(C)CC1N(c2ccccc2)C(=O)C2C(C(=O)O)C3C=CC21O3. The third-order valence-corrected chi connectivity index (χ3v) is 5.28. The summed E-state index contributed by atoms with van der Waals surface area (Å²) in [7, 11) is 0. The largest absolute Gasteiger partial charge is 0.481 e. The number of nitrogens with zero attached hydrogens (tertiary/aromatic N) is 1. The number of fused-ring (bicyclic) bond motifs is 1.